The number of benzene rings is 2. The fourth-order valence-corrected chi connectivity index (χ4v) is 3.89. The van der Waals surface area contributed by atoms with Crippen LogP contribution in [0.4, 0.5) is 4.39 Å². The Kier molecular flexibility index (Phi) is 7.10. The summed E-state index contributed by atoms with van der Waals surface area (Å²) in [6.07, 6.45) is 0. The van der Waals surface area contributed by atoms with Crippen LogP contribution in [0.5, 0.6) is 5.75 Å². The normalized spacial score (nSPS) is 19.6. The van der Waals surface area contributed by atoms with Gasteiger partial charge >= 0.3 is 0 Å². The molecule has 2 unspecified atom stereocenters. The Labute approximate surface area is 181 Å². The van der Waals surface area contributed by atoms with Crippen LogP contribution < -0.4 is 4.74 Å². The van der Waals surface area contributed by atoms with Gasteiger partial charge < -0.3 is 9.64 Å². The van der Waals surface area contributed by atoms with Crippen molar-refractivity contribution in [1.29, 1.82) is 0 Å². The molecule has 1 heterocycles. The highest BCUT2D eigenvalue weighted by Gasteiger charge is 2.32. The Morgan fingerprint density at radius 2 is 1.80 bits per heavy atom. The van der Waals surface area contributed by atoms with Gasteiger partial charge in [-0.15, -0.1) is 0 Å². The Morgan fingerprint density at radius 3 is 2.47 bits per heavy atom. The molecule has 0 spiro atoms. The molecule has 0 saturated carbocycles. The lowest BCUT2D eigenvalue weighted by Crippen LogP contribution is -2.58. The smallest absolute Gasteiger partial charge is 0.260 e. The zero-order valence-corrected chi connectivity index (χ0v) is 18.2. The first-order chi connectivity index (χ1) is 14.2. The molecule has 160 valence electrons. The number of nitrogens with zero attached hydrogens (tertiary/aromatic N) is 2. The van der Waals surface area contributed by atoms with Crippen molar-refractivity contribution in [3.8, 4) is 5.75 Å². The molecule has 30 heavy (non-hydrogen) atoms. The molecule has 0 radical (unpaired) electrons. The van der Waals surface area contributed by atoms with Crippen LogP contribution >= 0.6 is 11.6 Å². The van der Waals surface area contributed by atoms with Gasteiger partial charge in [0.25, 0.3) is 5.91 Å². The van der Waals surface area contributed by atoms with Gasteiger partial charge in [-0.3, -0.25) is 14.5 Å². The molecule has 1 aliphatic heterocycles. The molecule has 1 aliphatic rings. The number of ether oxygens (including phenoxy) is 1. The van der Waals surface area contributed by atoms with Crippen LogP contribution in [0.2, 0.25) is 5.02 Å². The van der Waals surface area contributed by atoms with Crippen LogP contribution in [0.1, 0.15) is 36.7 Å². The molecular weight excluding hydrogens is 407 g/mol. The average Bonchev–Trinajstić information content (AvgIpc) is 2.70. The topological polar surface area (TPSA) is 49.9 Å². The van der Waals surface area contributed by atoms with Crippen molar-refractivity contribution >= 4 is 23.3 Å². The van der Waals surface area contributed by atoms with Crippen LogP contribution in [-0.4, -0.2) is 53.3 Å². The summed E-state index contributed by atoms with van der Waals surface area (Å²) < 4.78 is 18.8. The highest BCUT2D eigenvalue weighted by Crippen LogP contribution is 2.24. The molecule has 0 bridgehead atoms. The molecule has 3 rings (SSSR count). The van der Waals surface area contributed by atoms with E-state index in [0.717, 1.165) is 5.56 Å². The molecule has 2 aromatic rings. The van der Waals surface area contributed by atoms with Gasteiger partial charge in [0.1, 0.15) is 11.6 Å². The summed E-state index contributed by atoms with van der Waals surface area (Å²) in [5.74, 6) is -0.184. The molecule has 1 fully saturated rings. The van der Waals surface area contributed by atoms with Gasteiger partial charge in [0, 0.05) is 36.7 Å². The summed E-state index contributed by atoms with van der Waals surface area (Å²) >= 11 is 5.95. The number of amides is 1. The highest BCUT2D eigenvalue weighted by molar-refractivity contribution is 6.31. The first kappa shape index (κ1) is 22.2. The van der Waals surface area contributed by atoms with Crippen LogP contribution in [-0.2, 0) is 11.3 Å². The Balaban J connectivity index is 1.60. The number of hydrogen-bond donors (Lipinski definition) is 0. The lowest BCUT2D eigenvalue weighted by Gasteiger charge is -2.44. The molecule has 2 aromatic carbocycles. The van der Waals surface area contributed by atoms with Crippen LogP contribution in [0.15, 0.2) is 42.5 Å². The summed E-state index contributed by atoms with van der Waals surface area (Å²) in [6, 6.07) is 11.5. The molecule has 2 atom stereocenters. The van der Waals surface area contributed by atoms with E-state index in [2.05, 4.69) is 11.8 Å². The first-order valence-corrected chi connectivity index (χ1v) is 10.3. The van der Waals surface area contributed by atoms with Crippen LogP contribution in [0, 0.1) is 5.82 Å². The first-order valence-electron chi connectivity index (χ1n) is 9.96. The number of carbonyl (C=O) groups excluding carboxylic acids is 2. The minimum Gasteiger partial charge on any atom is -0.483 e. The molecule has 1 saturated heterocycles. The Hall–Kier alpha value is -2.44. The minimum atomic E-state index is -0.246. The molecular formula is C23H26ClFN2O3. The quantitative estimate of drug-likeness (QED) is 0.642. The van der Waals surface area contributed by atoms with Crippen molar-refractivity contribution < 1.29 is 18.7 Å². The van der Waals surface area contributed by atoms with Crippen LogP contribution in [0.3, 0.4) is 0 Å². The fourth-order valence-electron chi connectivity index (χ4n) is 3.72. The van der Waals surface area contributed by atoms with E-state index in [0.29, 0.717) is 36.0 Å². The molecule has 1 amide bonds. The average molecular weight is 433 g/mol. The number of ketones is 1. The van der Waals surface area contributed by atoms with Crippen molar-refractivity contribution in [1.82, 2.24) is 9.80 Å². The number of rotatable bonds is 6. The standard InChI is InChI=1S/C23H26ClFN2O3/c1-15-12-27(16(2)11-26(15)13-18-4-7-20(25)8-5-18)23(29)14-30-22-9-6-19(24)10-21(22)17(3)28/h4-10,15-16H,11-14H2,1-3H3. The van der Waals surface area contributed by atoms with E-state index in [4.69, 9.17) is 16.3 Å². The van der Waals surface area contributed by atoms with Gasteiger partial charge in [0.15, 0.2) is 12.4 Å². The number of halogens is 2. The summed E-state index contributed by atoms with van der Waals surface area (Å²) in [4.78, 5) is 28.7. The maximum Gasteiger partial charge on any atom is 0.260 e. The number of piperazine rings is 1. The predicted octanol–water partition coefficient (Wildman–Crippen LogP) is 4.18. The van der Waals surface area contributed by atoms with Gasteiger partial charge in [-0.05, 0) is 56.7 Å². The maximum absolute atomic E-state index is 13.1. The van der Waals surface area contributed by atoms with Crippen molar-refractivity contribution in [3.05, 3.63) is 64.4 Å². The molecule has 0 N–H and O–H groups in total. The second kappa shape index (κ2) is 9.58. The molecule has 0 aromatic heterocycles. The zero-order chi connectivity index (χ0) is 21.8. The van der Waals surface area contributed by atoms with Crippen molar-refractivity contribution in [2.75, 3.05) is 19.7 Å². The van der Waals surface area contributed by atoms with Crippen molar-refractivity contribution in [2.24, 2.45) is 0 Å². The maximum atomic E-state index is 13.1. The van der Waals surface area contributed by atoms with Crippen molar-refractivity contribution in [2.45, 2.75) is 39.4 Å². The Morgan fingerprint density at radius 1 is 1.10 bits per heavy atom. The largest absolute Gasteiger partial charge is 0.483 e. The Bertz CT molecular complexity index is 919. The van der Waals surface area contributed by atoms with Gasteiger partial charge in [0.05, 0.1) is 5.56 Å². The second-order valence-corrected chi connectivity index (χ2v) is 8.22. The van der Waals surface area contributed by atoms with E-state index in [9.17, 15) is 14.0 Å². The third-order valence-corrected chi connectivity index (χ3v) is 5.64. The van der Waals surface area contributed by atoms with Gasteiger partial charge in [-0.1, -0.05) is 23.7 Å². The molecule has 7 heteroatoms. The van der Waals surface area contributed by atoms with Gasteiger partial charge in [-0.25, -0.2) is 4.39 Å². The van der Waals surface area contributed by atoms with E-state index < -0.39 is 0 Å². The van der Waals surface area contributed by atoms with Crippen LogP contribution in [0.25, 0.3) is 0 Å². The number of hydrogen-bond acceptors (Lipinski definition) is 4. The minimum absolute atomic E-state index is 0.00948. The zero-order valence-electron chi connectivity index (χ0n) is 17.4. The lowest BCUT2D eigenvalue weighted by atomic mass is 10.1. The van der Waals surface area contributed by atoms with E-state index in [1.165, 1.54) is 19.1 Å². The van der Waals surface area contributed by atoms with E-state index in [1.54, 1.807) is 30.3 Å². The lowest BCUT2D eigenvalue weighted by molar-refractivity contribution is -0.139. The summed E-state index contributed by atoms with van der Waals surface area (Å²) in [6.45, 7) is 7.36. The second-order valence-electron chi connectivity index (χ2n) is 7.79. The third-order valence-electron chi connectivity index (χ3n) is 5.41. The number of carbonyl (C=O) groups is 2. The van der Waals surface area contributed by atoms with E-state index in [1.807, 2.05) is 11.8 Å². The molecule has 5 nitrogen and oxygen atoms in total. The number of Topliss-reactive ketones (excluding diaryl/α,β-unsaturated/α-hetero) is 1. The highest BCUT2D eigenvalue weighted by atomic mass is 35.5. The fraction of sp³-hybridized carbons (Fsp3) is 0.391. The van der Waals surface area contributed by atoms with E-state index in [-0.39, 0.29) is 36.2 Å². The van der Waals surface area contributed by atoms with Crippen molar-refractivity contribution in [3.63, 3.8) is 0 Å². The molecule has 0 aliphatic carbocycles. The van der Waals surface area contributed by atoms with Gasteiger partial charge in [-0.2, -0.15) is 0 Å². The summed E-state index contributed by atoms with van der Waals surface area (Å²) in [5, 5.41) is 0.443. The monoisotopic (exact) mass is 432 g/mol. The van der Waals surface area contributed by atoms with E-state index >= 15 is 0 Å². The predicted molar refractivity (Wildman–Crippen MR) is 114 cm³/mol. The SMILES string of the molecule is CC(=O)c1cc(Cl)ccc1OCC(=O)N1CC(C)N(Cc2ccc(F)cc2)CC1C. The van der Waals surface area contributed by atoms with Gasteiger partial charge in [0.2, 0.25) is 0 Å². The summed E-state index contributed by atoms with van der Waals surface area (Å²) in [5.41, 5.74) is 1.40. The summed E-state index contributed by atoms with van der Waals surface area (Å²) in [7, 11) is 0. The third kappa shape index (κ3) is 5.37.